The highest BCUT2D eigenvalue weighted by atomic mass is 16.7. The molecule has 1 saturated heterocycles. The zero-order valence-corrected chi connectivity index (χ0v) is 45.6. The van der Waals surface area contributed by atoms with Crippen molar-refractivity contribution in [2.24, 2.45) is 0 Å². The summed E-state index contributed by atoms with van der Waals surface area (Å²) < 4.78 is 17.6. The van der Waals surface area contributed by atoms with Gasteiger partial charge in [-0.15, -0.1) is 0 Å². The Labute approximate surface area is 434 Å². The summed E-state index contributed by atoms with van der Waals surface area (Å²) in [4.78, 5) is 26.4. The second kappa shape index (κ2) is 48.6. The third kappa shape index (κ3) is 37.1. The number of ether oxygens (including phenoxy) is 3. The first-order chi connectivity index (χ1) is 34.7. The van der Waals surface area contributed by atoms with Crippen molar-refractivity contribution >= 4 is 11.9 Å². The van der Waals surface area contributed by atoms with E-state index < -0.39 is 67.4 Å². The number of unbranched alkanes of at least 4 members (excludes halogenated alkanes) is 29. The van der Waals surface area contributed by atoms with E-state index in [1.807, 2.05) is 6.08 Å². The molecule has 414 valence electrons. The minimum absolute atomic E-state index is 0.0988. The van der Waals surface area contributed by atoms with Crippen molar-refractivity contribution < 1.29 is 49.3 Å². The Morgan fingerprint density at radius 3 is 1.48 bits per heavy atom. The average molecular weight is 1000 g/mol. The largest absolute Gasteiger partial charge is 0.454 e. The normalized spacial score (nSPS) is 19.9. The number of rotatable bonds is 49. The highest BCUT2D eigenvalue weighted by Gasteiger charge is 2.47. The number of hydrogen-bond acceptors (Lipinski definition) is 10. The van der Waals surface area contributed by atoms with Crippen LogP contribution in [0.5, 0.6) is 0 Å². The van der Waals surface area contributed by atoms with Gasteiger partial charge in [0.15, 0.2) is 12.4 Å². The van der Waals surface area contributed by atoms with Crippen molar-refractivity contribution in [1.29, 1.82) is 0 Å². The summed E-state index contributed by atoms with van der Waals surface area (Å²) in [6, 6.07) is -1.03. The molecule has 11 nitrogen and oxygen atoms in total. The number of allylic oxidation sites excluding steroid dienone is 7. The van der Waals surface area contributed by atoms with Crippen molar-refractivity contribution in [2.45, 2.75) is 307 Å². The third-order valence-corrected chi connectivity index (χ3v) is 13.7. The molecule has 0 aromatic carbocycles. The van der Waals surface area contributed by atoms with Crippen LogP contribution < -0.4 is 5.32 Å². The van der Waals surface area contributed by atoms with Gasteiger partial charge < -0.3 is 45.1 Å². The molecule has 0 aromatic rings. The number of amides is 1. The monoisotopic (exact) mass is 1000 g/mol. The molecule has 0 spiro atoms. The maximum absolute atomic E-state index is 13.4. The Morgan fingerprint density at radius 2 is 0.972 bits per heavy atom. The van der Waals surface area contributed by atoms with Crippen molar-refractivity contribution in [3.63, 3.8) is 0 Å². The molecule has 0 bridgehead atoms. The minimum Gasteiger partial charge on any atom is -0.454 e. The van der Waals surface area contributed by atoms with Gasteiger partial charge in [-0.1, -0.05) is 236 Å². The van der Waals surface area contributed by atoms with E-state index in [1.165, 1.54) is 128 Å². The number of aliphatic hydroxyl groups is 5. The van der Waals surface area contributed by atoms with E-state index in [1.54, 1.807) is 6.08 Å². The Bertz CT molecular complexity index is 1340. The molecule has 1 fully saturated rings. The molecule has 1 amide bonds. The molecule has 8 atom stereocenters. The van der Waals surface area contributed by atoms with Crippen LogP contribution in [0, 0.1) is 0 Å². The quantitative estimate of drug-likeness (QED) is 0.0195. The van der Waals surface area contributed by atoms with E-state index in [-0.39, 0.29) is 13.0 Å². The van der Waals surface area contributed by atoms with Crippen LogP contribution >= 0.6 is 0 Å². The fraction of sp³-hybridized carbons (Fsp3) is 0.833. The fourth-order valence-corrected chi connectivity index (χ4v) is 9.01. The van der Waals surface area contributed by atoms with Gasteiger partial charge in [0.2, 0.25) is 5.91 Å². The smallest absolute Gasteiger partial charge is 0.306 e. The molecule has 6 N–H and O–H groups in total. The van der Waals surface area contributed by atoms with Crippen LogP contribution in [0.2, 0.25) is 0 Å². The van der Waals surface area contributed by atoms with Gasteiger partial charge in [0.05, 0.1) is 25.4 Å². The first-order valence-electron chi connectivity index (χ1n) is 29.4. The van der Waals surface area contributed by atoms with Crippen molar-refractivity contribution in [3.05, 3.63) is 48.6 Å². The Morgan fingerprint density at radius 1 is 0.549 bits per heavy atom. The van der Waals surface area contributed by atoms with Crippen LogP contribution in [0.1, 0.15) is 258 Å². The van der Waals surface area contributed by atoms with Crippen LogP contribution in [-0.4, -0.2) is 99.6 Å². The molecule has 0 aromatic heterocycles. The molecule has 0 saturated carbocycles. The lowest BCUT2D eigenvalue weighted by atomic mass is 9.99. The molecule has 8 unspecified atom stereocenters. The first-order valence-corrected chi connectivity index (χ1v) is 29.4. The fourth-order valence-electron chi connectivity index (χ4n) is 9.01. The van der Waals surface area contributed by atoms with Crippen molar-refractivity contribution in [3.8, 4) is 0 Å². The van der Waals surface area contributed by atoms with Gasteiger partial charge >= 0.3 is 5.97 Å². The molecular weight excluding hydrogens is 895 g/mol. The molecule has 1 rings (SSSR count). The number of esters is 1. The minimum atomic E-state index is -1.62. The molecule has 11 heteroatoms. The number of carbonyl (C=O) groups is 2. The topological polar surface area (TPSA) is 175 Å². The summed E-state index contributed by atoms with van der Waals surface area (Å²) >= 11 is 0. The SMILES string of the molecule is CCCCC/C=C\C/C=C\C/C=C\CCCCCCC(=O)OC1C(OCC(NC(=O)C(O)CCCCCCCCCCCCCC)C(O)/C=C/CCCCCCCCCCCCC)OC(CO)C(O)C1O. The van der Waals surface area contributed by atoms with E-state index in [9.17, 15) is 35.1 Å². The number of aliphatic hydroxyl groups excluding tert-OH is 5. The molecular formula is C60H109NO10. The van der Waals surface area contributed by atoms with Crippen LogP contribution in [0.25, 0.3) is 0 Å². The standard InChI is InChI=1S/C60H109NO10/c1-4-7-10-13-16-19-22-25-26-27-28-30-33-36-39-42-45-48-55(65)71-58-57(67)56(66)54(49-62)70-60(58)69-50-51(52(63)46-43-40-37-34-32-29-23-20-17-14-11-8-5-2)61-59(68)53(64)47-44-41-38-35-31-24-21-18-15-12-9-6-3/h16,19,25-26,28,30,43,46,51-54,56-58,60,62-64,66-67H,4-15,17-18,20-24,27,29,31-42,44-45,47-50H2,1-3H3,(H,61,68)/b19-16-,26-25-,30-28-,46-43+. The van der Waals surface area contributed by atoms with E-state index >= 15 is 0 Å². The first kappa shape index (κ1) is 66.6. The number of nitrogens with one attached hydrogen (secondary N) is 1. The lowest BCUT2D eigenvalue weighted by Crippen LogP contribution is -2.61. The molecule has 1 heterocycles. The summed E-state index contributed by atoms with van der Waals surface area (Å²) in [6.45, 7) is 5.74. The van der Waals surface area contributed by atoms with Crippen LogP contribution in [0.4, 0.5) is 0 Å². The molecule has 1 aliphatic heterocycles. The summed E-state index contributed by atoms with van der Waals surface area (Å²) in [5, 5.41) is 56.8. The number of carbonyl (C=O) groups excluding carboxylic acids is 2. The van der Waals surface area contributed by atoms with E-state index in [0.717, 1.165) is 83.5 Å². The van der Waals surface area contributed by atoms with E-state index in [0.29, 0.717) is 19.3 Å². The van der Waals surface area contributed by atoms with E-state index in [2.05, 4.69) is 62.5 Å². The summed E-state index contributed by atoms with van der Waals surface area (Å²) in [5.41, 5.74) is 0. The summed E-state index contributed by atoms with van der Waals surface area (Å²) in [5.74, 6) is -1.21. The number of hydrogen-bond donors (Lipinski definition) is 6. The van der Waals surface area contributed by atoms with Crippen molar-refractivity contribution in [2.75, 3.05) is 13.2 Å². The zero-order valence-electron chi connectivity index (χ0n) is 45.6. The predicted molar refractivity (Wildman–Crippen MR) is 292 cm³/mol. The third-order valence-electron chi connectivity index (χ3n) is 13.7. The van der Waals surface area contributed by atoms with Gasteiger partial charge in [0.1, 0.15) is 24.4 Å². The highest BCUT2D eigenvalue weighted by Crippen LogP contribution is 2.26. The van der Waals surface area contributed by atoms with Gasteiger partial charge in [0.25, 0.3) is 0 Å². The predicted octanol–water partition coefficient (Wildman–Crippen LogP) is 13.3. The molecule has 71 heavy (non-hydrogen) atoms. The van der Waals surface area contributed by atoms with Crippen LogP contribution in [0.3, 0.4) is 0 Å². The van der Waals surface area contributed by atoms with Gasteiger partial charge in [0, 0.05) is 6.42 Å². The van der Waals surface area contributed by atoms with Gasteiger partial charge in [-0.2, -0.15) is 0 Å². The molecule has 0 radical (unpaired) electrons. The van der Waals surface area contributed by atoms with Crippen LogP contribution in [-0.2, 0) is 23.8 Å². The van der Waals surface area contributed by atoms with E-state index in [4.69, 9.17) is 14.2 Å². The summed E-state index contributed by atoms with van der Waals surface area (Å²) in [6.07, 6.45) is 47.2. The van der Waals surface area contributed by atoms with Gasteiger partial charge in [-0.3, -0.25) is 9.59 Å². The lowest BCUT2D eigenvalue weighted by molar-refractivity contribution is -0.305. The Hall–Kier alpha value is -2.38. The second-order valence-electron chi connectivity index (χ2n) is 20.4. The average Bonchev–Trinajstić information content (AvgIpc) is 3.37. The summed E-state index contributed by atoms with van der Waals surface area (Å²) in [7, 11) is 0. The maximum Gasteiger partial charge on any atom is 0.306 e. The van der Waals surface area contributed by atoms with Gasteiger partial charge in [-0.05, 0) is 64.2 Å². The Balaban J connectivity index is 2.74. The maximum atomic E-state index is 13.4. The Kier molecular flexibility index (Phi) is 45.6. The lowest BCUT2D eigenvalue weighted by Gasteiger charge is -2.41. The van der Waals surface area contributed by atoms with Gasteiger partial charge in [-0.25, -0.2) is 0 Å². The highest BCUT2D eigenvalue weighted by molar-refractivity contribution is 5.80. The molecule has 0 aliphatic carbocycles. The zero-order chi connectivity index (χ0) is 51.8. The van der Waals surface area contributed by atoms with Crippen LogP contribution in [0.15, 0.2) is 48.6 Å². The second-order valence-corrected chi connectivity index (χ2v) is 20.4. The van der Waals surface area contributed by atoms with Crippen molar-refractivity contribution in [1.82, 2.24) is 5.32 Å². The molecule has 1 aliphatic rings.